The summed E-state index contributed by atoms with van der Waals surface area (Å²) in [4.78, 5) is 1.99. The van der Waals surface area contributed by atoms with Gasteiger partial charge in [0.25, 0.3) is 0 Å². The number of hydrogen-bond acceptors (Lipinski definition) is 3. The van der Waals surface area contributed by atoms with Crippen LogP contribution in [0.2, 0.25) is 5.02 Å². The van der Waals surface area contributed by atoms with Crippen molar-refractivity contribution in [3.63, 3.8) is 0 Å². The lowest BCUT2D eigenvalue weighted by Crippen LogP contribution is -2.08. The van der Waals surface area contributed by atoms with Crippen LogP contribution in [0.5, 0.6) is 11.5 Å². The minimum atomic E-state index is -0.108. The summed E-state index contributed by atoms with van der Waals surface area (Å²) in [6.45, 7) is -0.108. The number of nitrogens with zero attached hydrogens (tertiary/aromatic N) is 1. The Hall–Kier alpha value is -1.71. The zero-order chi connectivity index (χ0) is 13.8. The summed E-state index contributed by atoms with van der Waals surface area (Å²) in [6, 6.07) is 13.0. The second kappa shape index (κ2) is 5.95. The molecule has 0 amide bonds. The normalized spacial score (nSPS) is 10.3. The quantitative estimate of drug-likeness (QED) is 0.925. The van der Waals surface area contributed by atoms with Crippen LogP contribution in [0.4, 0.5) is 5.69 Å². The van der Waals surface area contributed by atoms with Crippen LogP contribution >= 0.6 is 11.6 Å². The highest BCUT2D eigenvalue weighted by atomic mass is 35.5. The van der Waals surface area contributed by atoms with E-state index in [4.69, 9.17) is 16.3 Å². The summed E-state index contributed by atoms with van der Waals surface area (Å²) in [7, 11) is 3.93. The average molecular weight is 278 g/mol. The van der Waals surface area contributed by atoms with E-state index in [-0.39, 0.29) is 6.61 Å². The third-order valence-corrected chi connectivity index (χ3v) is 3.07. The number of benzene rings is 2. The lowest BCUT2D eigenvalue weighted by atomic mass is 10.2. The van der Waals surface area contributed by atoms with Crippen LogP contribution in [0.15, 0.2) is 42.5 Å². The van der Waals surface area contributed by atoms with E-state index in [2.05, 4.69) is 0 Å². The number of ether oxygens (including phenoxy) is 1. The Labute approximate surface area is 118 Å². The molecular formula is C15H16ClNO2. The lowest BCUT2D eigenvalue weighted by molar-refractivity contribution is 0.276. The van der Waals surface area contributed by atoms with Crippen LogP contribution in [0.1, 0.15) is 5.56 Å². The van der Waals surface area contributed by atoms with Crippen molar-refractivity contribution in [2.75, 3.05) is 19.0 Å². The van der Waals surface area contributed by atoms with Crippen molar-refractivity contribution in [2.45, 2.75) is 6.61 Å². The zero-order valence-electron chi connectivity index (χ0n) is 10.9. The van der Waals surface area contributed by atoms with Crippen LogP contribution in [-0.4, -0.2) is 19.2 Å². The maximum Gasteiger partial charge on any atom is 0.151 e. The Morgan fingerprint density at radius 1 is 1.16 bits per heavy atom. The Morgan fingerprint density at radius 2 is 1.89 bits per heavy atom. The van der Waals surface area contributed by atoms with Gasteiger partial charge in [-0.25, -0.2) is 0 Å². The van der Waals surface area contributed by atoms with Crippen molar-refractivity contribution in [3.8, 4) is 11.5 Å². The summed E-state index contributed by atoms with van der Waals surface area (Å²) in [6.07, 6.45) is 0. The third-order valence-electron chi connectivity index (χ3n) is 2.77. The van der Waals surface area contributed by atoms with E-state index >= 15 is 0 Å². The Bertz CT molecular complexity index is 570. The van der Waals surface area contributed by atoms with Gasteiger partial charge in [0.15, 0.2) is 5.75 Å². The number of halogens is 1. The van der Waals surface area contributed by atoms with Gasteiger partial charge in [0, 0.05) is 31.4 Å². The van der Waals surface area contributed by atoms with Crippen molar-refractivity contribution in [2.24, 2.45) is 0 Å². The van der Waals surface area contributed by atoms with E-state index in [9.17, 15) is 5.11 Å². The highest BCUT2D eigenvalue weighted by Crippen LogP contribution is 2.34. The van der Waals surface area contributed by atoms with Gasteiger partial charge < -0.3 is 14.7 Å². The number of hydrogen-bond donors (Lipinski definition) is 1. The van der Waals surface area contributed by atoms with Crippen LogP contribution in [0.25, 0.3) is 0 Å². The maximum absolute atomic E-state index is 9.32. The first-order chi connectivity index (χ1) is 9.11. The Balaban J connectivity index is 2.33. The largest absolute Gasteiger partial charge is 0.455 e. The van der Waals surface area contributed by atoms with Gasteiger partial charge in [-0.1, -0.05) is 29.8 Å². The second-order valence-electron chi connectivity index (χ2n) is 4.38. The molecule has 0 aliphatic heterocycles. The molecule has 2 rings (SSSR count). The number of aliphatic hydroxyl groups excluding tert-OH is 1. The standard InChI is InChI=1S/C15H16ClNO2/c1-17(2)12-6-4-7-13(9-12)19-15-11(10-18)5-3-8-14(15)16/h3-9,18H,10H2,1-2H3. The van der Waals surface area contributed by atoms with E-state index in [1.54, 1.807) is 18.2 Å². The molecule has 0 saturated carbocycles. The Morgan fingerprint density at radius 3 is 2.58 bits per heavy atom. The molecule has 2 aromatic rings. The molecule has 0 unspecified atom stereocenters. The first-order valence-corrected chi connectivity index (χ1v) is 6.33. The molecular weight excluding hydrogens is 262 g/mol. The molecule has 2 aromatic carbocycles. The third kappa shape index (κ3) is 3.19. The smallest absolute Gasteiger partial charge is 0.151 e. The molecule has 19 heavy (non-hydrogen) atoms. The van der Waals surface area contributed by atoms with Crippen molar-refractivity contribution in [1.29, 1.82) is 0 Å². The van der Waals surface area contributed by atoms with Crippen molar-refractivity contribution >= 4 is 17.3 Å². The average Bonchev–Trinajstić information content (AvgIpc) is 2.41. The molecule has 0 aliphatic carbocycles. The van der Waals surface area contributed by atoms with Gasteiger partial charge >= 0.3 is 0 Å². The summed E-state index contributed by atoms with van der Waals surface area (Å²) >= 11 is 6.11. The molecule has 4 heteroatoms. The fourth-order valence-electron chi connectivity index (χ4n) is 1.74. The van der Waals surface area contributed by atoms with E-state index in [1.807, 2.05) is 43.3 Å². The lowest BCUT2D eigenvalue weighted by Gasteiger charge is -2.15. The highest BCUT2D eigenvalue weighted by molar-refractivity contribution is 6.32. The predicted octanol–water partition coefficient (Wildman–Crippen LogP) is 3.69. The van der Waals surface area contributed by atoms with Crippen molar-refractivity contribution < 1.29 is 9.84 Å². The topological polar surface area (TPSA) is 32.7 Å². The molecule has 0 radical (unpaired) electrons. The fourth-order valence-corrected chi connectivity index (χ4v) is 1.97. The molecule has 0 aromatic heterocycles. The van der Waals surface area contributed by atoms with Crippen LogP contribution in [-0.2, 0) is 6.61 Å². The molecule has 1 N–H and O–H groups in total. The molecule has 100 valence electrons. The van der Waals surface area contributed by atoms with Crippen LogP contribution in [0.3, 0.4) is 0 Å². The van der Waals surface area contributed by atoms with E-state index in [0.29, 0.717) is 22.1 Å². The van der Waals surface area contributed by atoms with E-state index < -0.39 is 0 Å². The Kier molecular flexibility index (Phi) is 4.30. The summed E-state index contributed by atoms with van der Waals surface area (Å²) in [5, 5.41) is 9.80. The second-order valence-corrected chi connectivity index (χ2v) is 4.79. The SMILES string of the molecule is CN(C)c1cccc(Oc2c(Cl)cccc2CO)c1. The molecule has 0 bridgehead atoms. The first kappa shape index (κ1) is 13.7. The minimum absolute atomic E-state index is 0.108. The first-order valence-electron chi connectivity index (χ1n) is 5.95. The van der Waals surface area contributed by atoms with Crippen LogP contribution < -0.4 is 9.64 Å². The molecule has 0 spiro atoms. The van der Waals surface area contributed by atoms with Gasteiger partial charge in [-0.2, -0.15) is 0 Å². The number of rotatable bonds is 4. The van der Waals surface area contributed by atoms with Crippen LogP contribution in [0, 0.1) is 0 Å². The highest BCUT2D eigenvalue weighted by Gasteiger charge is 2.09. The van der Waals surface area contributed by atoms with E-state index in [1.165, 1.54) is 0 Å². The molecule has 0 atom stereocenters. The van der Waals surface area contributed by atoms with Crippen molar-refractivity contribution in [1.82, 2.24) is 0 Å². The van der Waals surface area contributed by atoms with Gasteiger partial charge in [-0.05, 0) is 18.2 Å². The number of para-hydroxylation sites is 1. The fraction of sp³-hybridized carbons (Fsp3) is 0.200. The molecule has 0 aliphatic rings. The van der Waals surface area contributed by atoms with Gasteiger partial charge in [-0.3, -0.25) is 0 Å². The van der Waals surface area contributed by atoms with E-state index in [0.717, 1.165) is 5.69 Å². The minimum Gasteiger partial charge on any atom is -0.455 e. The van der Waals surface area contributed by atoms with Gasteiger partial charge in [0.05, 0.1) is 11.6 Å². The van der Waals surface area contributed by atoms with Gasteiger partial charge in [0.2, 0.25) is 0 Å². The molecule has 3 nitrogen and oxygen atoms in total. The van der Waals surface area contributed by atoms with Crippen molar-refractivity contribution in [3.05, 3.63) is 53.1 Å². The number of anilines is 1. The zero-order valence-corrected chi connectivity index (χ0v) is 11.7. The molecule has 0 heterocycles. The molecule has 0 fully saturated rings. The number of aliphatic hydroxyl groups is 1. The predicted molar refractivity (Wildman–Crippen MR) is 78.2 cm³/mol. The summed E-state index contributed by atoms with van der Waals surface area (Å²) in [5.74, 6) is 1.19. The monoisotopic (exact) mass is 277 g/mol. The molecule has 0 saturated heterocycles. The summed E-state index contributed by atoms with van der Waals surface area (Å²) < 4.78 is 5.80. The summed E-state index contributed by atoms with van der Waals surface area (Å²) in [5.41, 5.74) is 1.71. The maximum atomic E-state index is 9.32. The van der Waals surface area contributed by atoms with Gasteiger partial charge in [-0.15, -0.1) is 0 Å². The van der Waals surface area contributed by atoms with Gasteiger partial charge in [0.1, 0.15) is 5.75 Å².